The maximum atomic E-state index is 12.3. The quantitative estimate of drug-likeness (QED) is 0.501. The molecule has 0 aliphatic rings. The number of benzene rings is 1. The Morgan fingerprint density at radius 2 is 1.88 bits per heavy atom. The van der Waals surface area contributed by atoms with Crippen LogP contribution in [-0.4, -0.2) is 38.9 Å². The first-order chi connectivity index (χ1) is 11.4. The molecule has 0 aromatic heterocycles. The van der Waals surface area contributed by atoms with Gasteiger partial charge in [-0.2, -0.15) is 4.31 Å². The number of hydrogen-bond donors (Lipinski definition) is 2. The predicted molar refractivity (Wildman–Crippen MR) is 97.6 cm³/mol. The van der Waals surface area contributed by atoms with E-state index in [9.17, 15) is 13.2 Å². The van der Waals surface area contributed by atoms with Gasteiger partial charge in [0.05, 0.1) is 4.90 Å². The minimum atomic E-state index is -3.54. The molecular formula is C17H27N3O3S. The first-order valence-corrected chi connectivity index (χ1v) is 9.58. The summed E-state index contributed by atoms with van der Waals surface area (Å²) in [5, 5.41) is 5.47. The minimum Gasteiger partial charge on any atom is -0.338 e. The molecule has 0 atom stereocenters. The second-order valence-electron chi connectivity index (χ2n) is 5.54. The van der Waals surface area contributed by atoms with E-state index in [0.29, 0.717) is 12.2 Å². The van der Waals surface area contributed by atoms with Crippen LogP contribution in [0.25, 0.3) is 0 Å². The number of carbonyl (C=O) groups is 1. The van der Waals surface area contributed by atoms with Crippen LogP contribution >= 0.6 is 0 Å². The van der Waals surface area contributed by atoms with Gasteiger partial charge in [-0.05, 0) is 30.7 Å². The Labute approximate surface area is 145 Å². The molecule has 0 radical (unpaired) electrons. The molecule has 134 valence electrons. The number of nitrogens with one attached hydrogen (secondary N) is 2. The molecule has 0 bridgehead atoms. The SMILES string of the molecule is C=CCN(C)S(=O)(=O)c1ccc(NC(=O)NCCCCCC)cc1. The van der Waals surface area contributed by atoms with E-state index < -0.39 is 10.0 Å². The second kappa shape index (κ2) is 10.1. The third-order valence-corrected chi connectivity index (χ3v) is 5.36. The summed E-state index contributed by atoms with van der Waals surface area (Å²) < 4.78 is 25.7. The van der Waals surface area contributed by atoms with Gasteiger partial charge in [0.15, 0.2) is 0 Å². The second-order valence-corrected chi connectivity index (χ2v) is 7.59. The molecule has 1 rings (SSSR count). The Bertz CT molecular complexity index is 627. The number of nitrogens with zero attached hydrogens (tertiary/aromatic N) is 1. The average Bonchev–Trinajstić information content (AvgIpc) is 2.55. The van der Waals surface area contributed by atoms with Gasteiger partial charge in [-0.25, -0.2) is 13.2 Å². The van der Waals surface area contributed by atoms with Crippen molar-refractivity contribution in [1.29, 1.82) is 0 Å². The van der Waals surface area contributed by atoms with Crippen molar-refractivity contribution in [2.45, 2.75) is 37.5 Å². The van der Waals surface area contributed by atoms with Gasteiger partial charge in [0.25, 0.3) is 0 Å². The smallest absolute Gasteiger partial charge is 0.319 e. The number of hydrogen-bond acceptors (Lipinski definition) is 3. The maximum absolute atomic E-state index is 12.3. The fraction of sp³-hybridized carbons (Fsp3) is 0.471. The van der Waals surface area contributed by atoms with Gasteiger partial charge in [0.2, 0.25) is 10.0 Å². The van der Waals surface area contributed by atoms with Crippen LogP contribution < -0.4 is 10.6 Å². The topological polar surface area (TPSA) is 78.5 Å². The number of unbranched alkanes of at least 4 members (excludes halogenated alkanes) is 3. The predicted octanol–water partition coefficient (Wildman–Crippen LogP) is 3.19. The molecule has 0 aliphatic heterocycles. The van der Waals surface area contributed by atoms with E-state index >= 15 is 0 Å². The number of sulfonamides is 1. The van der Waals surface area contributed by atoms with Gasteiger partial charge in [0, 0.05) is 25.8 Å². The van der Waals surface area contributed by atoms with Crippen LogP contribution in [0.2, 0.25) is 0 Å². The van der Waals surface area contributed by atoms with Crippen molar-refractivity contribution in [3.05, 3.63) is 36.9 Å². The number of rotatable bonds is 10. The number of amides is 2. The van der Waals surface area contributed by atoms with Crippen LogP contribution in [0.15, 0.2) is 41.8 Å². The molecule has 24 heavy (non-hydrogen) atoms. The summed E-state index contributed by atoms with van der Waals surface area (Å²) in [5.74, 6) is 0. The Kier molecular flexibility index (Phi) is 8.49. The lowest BCUT2D eigenvalue weighted by Gasteiger charge is -2.15. The third-order valence-electron chi connectivity index (χ3n) is 3.52. The van der Waals surface area contributed by atoms with Crippen molar-refractivity contribution >= 4 is 21.7 Å². The normalized spacial score (nSPS) is 11.3. The molecule has 6 nitrogen and oxygen atoms in total. The highest BCUT2D eigenvalue weighted by molar-refractivity contribution is 7.89. The fourth-order valence-corrected chi connectivity index (χ4v) is 3.24. The van der Waals surface area contributed by atoms with Crippen LogP contribution in [0.5, 0.6) is 0 Å². The first-order valence-electron chi connectivity index (χ1n) is 8.14. The summed E-state index contributed by atoms with van der Waals surface area (Å²) in [7, 11) is -2.04. The Morgan fingerprint density at radius 1 is 1.21 bits per heavy atom. The fourth-order valence-electron chi connectivity index (χ4n) is 2.10. The zero-order valence-electron chi connectivity index (χ0n) is 14.4. The maximum Gasteiger partial charge on any atom is 0.319 e. The van der Waals surface area contributed by atoms with Gasteiger partial charge in [-0.3, -0.25) is 0 Å². The molecular weight excluding hydrogens is 326 g/mol. The number of urea groups is 1. The Morgan fingerprint density at radius 3 is 2.46 bits per heavy atom. The third kappa shape index (κ3) is 6.33. The van der Waals surface area contributed by atoms with Gasteiger partial charge in [-0.1, -0.05) is 32.3 Å². The number of likely N-dealkylation sites (N-methyl/N-ethyl adjacent to an activating group) is 1. The summed E-state index contributed by atoms with van der Waals surface area (Å²) in [4.78, 5) is 11.9. The van der Waals surface area contributed by atoms with Crippen LogP contribution in [0.3, 0.4) is 0 Å². The van der Waals surface area contributed by atoms with Crippen LogP contribution in [0, 0.1) is 0 Å². The summed E-state index contributed by atoms with van der Waals surface area (Å²) >= 11 is 0. The highest BCUT2D eigenvalue weighted by Gasteiger charge is 2.19. The van der Waals surface area contributed by atoms with Crippen molar-refractivity contribution in [3.8, 4) is 0 Å². The molecule has 0 spiro atoms. The molecule has 0 unspecified atom stereocenters. The van der Waals surface area contributed by atoms with Crippen molar-refractivity contribution in [2.24, 2.45) is 0 Å². The molecule has 7 heteroatoms. The summed E-state index contributed by atoms with van der Waals surface area (Å²) in [6, 6.07) is 5.82. The highest BCUT2D eigenvalue weighted by Crippen LogP contribution is 2.17. The summed E-state index contributed by atoms with van der Waals surface area (Å²) in [6.07, 6.45) is 5.90. The molecule has 1 aromatic carbocycles. The molecule has 0 aliphatic carbocycles. The lowest BCUT2D eigenvalue weighted by Crippen LogP contribution is -2.29. The zero-order valence-corrected chi connectivity index (χ0v) is 15.2. The van der Waals surface area contributed by atoms with Gasteiger partial charge < -0.3 is 10.6 Å². The van der Waals surface area contributed by atoms with Gasteiger partial charge in [-0.15, -0.1) is 6.58 Å². The highest BCUT2D eigenvalue weighted by atomic mass is 32.2. The average molecular weight is 353 g/mol. The monoisotopic (exact) mass is 353 g/mol. The van der Waals surface area contributed by atoms with E-state index in [2.05, 4.69) is 24.1 Å². The van der Waals surface area contributed by atoms with Gasteiger partial charge >= 0.3 is 6.03 Å². The summed E-state index contributed by atoms with van der Waals surface area (Å²) in [5.41, 5.74) is 0.548. The zero-order chi connectivity index (χ0) is 18.0. The first kappa shape index (κ1) is 20.2. The van der Waals surface area contributed by atoms with Crippen molar-refractivity contribution < 1.29 is 13.2 Å². The van der Waals surface area contributed by atoms with Crippen molar-refractivity contribution in [1.82, 2.24) is 9.62 Å². The molecule has 0 saturated carbocycles. The minimum absolute atomic E-state index is 0.178. The van der Waals surface area contributed by atoms with Crippen LogP contribution in [-0.2, 0) is 10.0 Å². The lowest BCUT2D eigenvalue weighted by molar-refractivity contribution is 0.252. The van der Waals surface area contributed by atoms with E-state index in [1.807, 2.05) is 0 Å². The van der Waals surface area contributed by atoms with E-state index in [-0.39, 0.29) is 17.5 Å². The summed E-state index contributed by atoms with van der Waals surface area (Å²) in [6.45, 7) is 6.54. The van der Waals surface area contributed by atoms with Crippen LogP contribution in [0.1, 0.15) is 32.6 Å². The van der Waals surface area contributed by atoms with E-state index in [4.69, 9.17) is 0 Å². The Balaban J connectivity index is 2.55. The van der Waals surface area contributed by atoms with Crippen molar-refractivity contribution in [3.63, 3.8) is 0 Å². The largest absolute Gasteiger partial charge is 0.338 e. The van der Waals surface area contributed by atoms with E-state index in [0.717, 1.165) is 19.3 Å². The molecule has 0 fully saturated rings. The van der Waals surface area contributed by atoms with Gasteiger partial charge in [0.1, 0.15) is 0 Å². The van der Waals surface area contributed by atoms with Crippen LogP contribution in [0.4, 0.5) is 10.5 Å². The Hall–Kier alpha value is -1.86. The lowest BCUT2D eigenvalue weighted by atomic mass is 10.2. The molecule has 0 saturated heterocycles. The standard InChI is InChI=1S/C17H27N3O3S/c1-4-6-7-8-13-18-17(21)19-15-9-11-16(12-10-15)24(22,23)20(3)14-5-2/h5,9-12H,2,4,6-8,13-14H2,1,3H3,(H2,18,19,21). The van der Waals surface area contributed by atoms with E-state index in [1.165, 1.54) is 36.0 Å². The molecule has 0 heterocycles. The van der Waals surface area contributed by atoms with E-state index in [1.54, 1.807) is 12.1 Å². The number of carbonyl (C=O) groups excluding carboxylic acids is 1. The molecule has 2 amide bonds. The number of anilines is 1. The molecule has 1 aromatic rings. The van der Waals surface area contributed by atoms with Crippen molar-refractivity contribution in [2.75, 3.05) is 25.5 Å². The molecule has 2 N–H and O–H groups in total.